The van der Waals surface area contributed by atoms with Crippen LogP contribution in [0.3, 0.4) is 0 Å². The zero-order valence-electron chi connectivity index (χ0n) is 18.2. The standard InChI is InChI=1S/C26H21F3O5/c1-31-20-9-7-18(8-10-20)25(30)22(12-16-2-5-19(6-3-16)26(27,28)29)21(14-34-25)17-4-11-23-24(13-17)33-15-32-23/h2-11,13,30H,12,14-15H2,1H3. The van der Waals surface area contributed by atoms with E-state index in [4.69, 9.17) is 18.9 Å². The summed E-state index contributed by atoms with van der Waals surface area (Å²) >= 11 is 0. The minimum Gasteiger partial charge on any atom is -0.497 e. The average Bonchev–Trinajstić information content (AvgIpc) is 3.43. The van der Waals surface area contributed by atoms with Crippen molar-refractivity contribution in [1.82, 2.24) is 0 Å². The largest absolute Gasteiger partial charge is 0.497 e. The number of methoxy groups -OCH3 is 1. The highest BCUT2D eigenvalue weighted by molar-refractivity contribution is 5.75. The fourth-order valence-corrected chi connectivity index (χ4v) is 4.21. The molecule has 1 N–H and O–H groups in total. The predicted molar refractivity (Wildman–Crippen MR) is 117 cm³/mol. The summed E-state index contributed by atoms with van der Waals surface area (Å²) in [5.41, 5.74) is 2.42. The van der Waals surface area contributed by atoms with Gasteiger partial charge in [-0.05, 0) is 71.7 Å². The second-order valence-electron chi connectivity index (χ2n) is 8.06. The van der Waals surface area contributed by atoms with Crippen LogP contribution in [0.5, 0.6) is 17.2 Å². The molecular weight excluding hydrogens is 449 g/mol. The molecule has 2 aliphatic heterocycles. The number of alkyl halides is 3. The van der Waals surface area contributed by atoms with Gasteiger partial charge in [-0.25, -0.2) is 0 Å². The first kappa shape index (κ1) is 22.3. The van der Waals surface area contributed by atoms with Crippen LogP contribution in [0, 0.1) is 0 Å². The monoisotopic (exact) mass is 470 g/mol. The normalized spacial score (nSPS) is 19.6. The van der Waals surface area contributed by atoms with Crippen LogP contribution in [0.15, 0.2) is 72.3 Å². The molecule has 0 radical (unpaired) electrons. The molecule has 5 nitrogen and oxygen atoms in total. The Labute approximate surface area is 194 Å². The molecule has 0 amide bonds. The number of halogens is 3. The van der Waals surface area contributed by atoms with Gasteiger partial charge in [0.2, 0.25) is 12.6 Å². The topological polar surface area (TPSA) is 57.2 Å². The molecule has 1 atom stereocenters. The van der Waals surface area contributed by atoms with Gasteiger partial charge in [0.1, 0.15) is 5.75 Å². The fraction of sp³-hybridized carbons (Fsp3) is 0.231. The number of fused-ring (bicyclic) bond motifs is 1. The Balaban J connectivity index is 1.58. The van der Waals surface area contributed by atoms with E-state index in [1.54, 1.807) is 37.4 Å². The molecule has 0 aliphatic carbocycles. The van der Waals surface area contributed by atoms with Crippen molar-refractivity contribution in [2.45, 2.75) is 18.4 Å². The van der Waals surface area contributed by atoms with E-state index in [1.165, 1.54) is 12.1 Å². The molecule has 0 fully saturated rings. The highest BCUT2D eigenvalue weighted by Gasteiger charge is 2.42. The molecule has 5 rings (SSSR count). The molecule has 0 saturated carbocycles. The van der Waals surface area contributed by atoms with Gasteiger partial charge < -0.3 is 24.1 Å². The summed E-state index contributed by atoms with van der Waals surface area (Å²) in [4.78, 5) is 0. The van der Waals surface area contributed by atoms with Crippen molar-refractivity contribution >= 4 is 5.57 Å². The van der Waals surface area contributed by atoms with Gasteiger partial charge in [0.15, 0.2) is 11.5 Å². The molecule has 176 valence electrons. The lowest BCUT2D eigenvalue weighted by Gasteiger charge is -2.27. The van der Waals surface area contributed by atoms with E-state index in [0.717, 1.165) is 23.3 Å². The van der Waals surface area contributed by atoms with Crippen molar-refractivity contribution < 1.29 is 37.2 Å². The molecule has 3 aromatic carbocycles. The third-order valence-electron chi connectivity index (χ3n) is 6.06. The second-order valence-corrected chi connectivity index (χ2v) is 8.06. The van der Waals surface area contributed by atoms with E-state index in [0.29, 0.717) is 33.9 Å². The van der Waals surface area contributed by atoms with E-state index >= 15 is 0 Å². The maximum Gasteiger partial charge on any atom is 0.416 e. The zero-order chi connectivity index (χ0) is 23.9. The van der Waals surface area contributed by atoms with Crippen molar-refractivity contribution in [3.8, 4) is 17.2 Å². The smallest absolute Gasteiger partial charge is 0.416 e. The van der Waals surface area contributed by atoms with E-state index in [2.05, 4.69) is 0 Å². The SMILES string of the molecule is COc1ccc(C2(O)OCC(c3ccc4c(c3)OCO4)=C2Cc2ccc(C(F)(F)F)cc2)cc1. The van der Waals surface area contributed by atoms with Crippen molar-refractivity contribution in [3.63, 3.8) is 0 Å². The lowest BCUT2D eigenvalue weighted by Crippen LogP contribution is -2.29. The number of aliphatic hydroxyl groups is 1. The molecule has 0 bridgehead atoms. The summed E-state index contributed by atoms with van der Waals surface area (Å²) in [7, 11) is 1.55. The third-order valence-corrected chi connectivity index (χ3v) is 6.06. The number of rotatable bonds is 5. The van der Waals surface area contributed by atoms with Gasteiger partial charge in [0, 0.05) is 11.1 Å². The van der Waals surface area contributed by atoms with Crippen LogP contribution < -0.4 is 14.2 Å². The number of hydrogen-bond donors (Lipinski definition) is 1. The van der Waals surface area contributed by atoms with Crippen LogP contribution in [0.2, 0.25) is 0 Å². The lowest BCUT2D eigenvalue weighted by atomic mass is 9.88. The van der Waals surface area contributed by atoms with E-state index < -0.39 is 17.5 Å². The lowest BCUT2D eigenvalue weighted by molar-refractivity contribution is -0.162. The molecule has 1 unspecified atom stereocenters. The van der Waals surface area contributed by atoms with E-state index in [-0.39, 0.29) is 19.8 Å². The molecule has 0 aromatic heterocycles. The summed E-state index contributed by atoms with van der Waals surface area (Å²) in [6, 6.07) is 17.2. The summed E-state index contributed by atoms with van der Waals surface area (Å²) in [5.74, 6) is 0.0621. The van der Waals surface area contributed by atoms with Gasteiger partial charge in [-0.15, -0.1) is 0 Å². The van der Waals surface area contributed by atoms with Crippen LogP contribution >= 0.6 is 0 Å². The minimum absolute atomic E-state index is 0.109. The maximum atomic E-state index is 13.0. The van der Waals surface area contributed by atoms with Crippen LogP contribution in [0.1, 0.15) is 22.3 Å². The first-order valence-corrected chi connectivity index (χ1v) is 10.6. The van der Waals surface area contributed by atoms with Crippen molar-refractivity contribution in [1.29, 1.82) is 0 Å². The van der Waals surface area contributed by atoms with Crippen molar-refractivity contribution in [2.24, 2.45) is 0 Å². The van der Waals surface area contributed by atoms with Crippen molar-refractivity contribution in [2.75, 3.05) is 20.5 Å². The summed E-state index contributed by atoms with van der Waals surface area (Å²) in [5, 5.41) is 11.7. The fourth-order valence-electron chi connectivity index (χ4n) is 4.21. The van der Waals surface area contributed by atoms with Gasteiger partial charge in [0.25, 0.3) is 0 Å². The first-order valence-electron chi connectivity index (χ1n) is 10.6. The molecule has 2 heterocycles. The quantitative estimate of drug-likeness (QED) is 0.548. The highest BCUT2D eigenvalue weighted by Crippen LogP contribution is 2.46. The average molecular weight is 470 g/mol. The van der Waals surface area contributed by atoms with E-state index in [9.17, 15) is 18.3 Å². The van der Waals surface area contributed by atoms with Crippen LogP contribution in [-0.4, -0.2) is 25.6 Å². The molecule has 0 saturated heterocycles. The van der Waals surface area contributed by atoms with Crippen LogP contribution in [-0.2, 0) is 23.1 Å². The molecule has 3 aromatic rings. The Bertz CT molecular complexity index is 1230. The van der Waals surface area contributed by atoms with Gasteiger partial charge in [-0.3, -0.25) is 0 Å². The zero-order valence-corrected chi connectivity index (χ0v) is 18.2. The number of hydrogen-bond acceptors (Lipinski definition) is 5. The Hall–Kier alpha value is -3.49. The van der Waals surface area contributed by atoms with Crippen molar-refractivity contribution in [3.05, 3.63) is 94.6 Å². The second kappa shape index (κ2) is 8.38. The van der Waals surface area contributed by atoms with Crippen LogP contribution in [0.25, 0.3) is 5.57 Å². The predicted octanol–water partition coefficient (Wildman–Crippen LogP) is 5.31. The maximum absolute atomic E-state index is 13.0. The Morgan fingerprint density at radius 1 is 0.941 bits per heavy atom. The Kier molecular flexibility index (Phi) is 5.50. The molecule has 8 heteroatoms. The summed E-state index contributed by atoms with van der Waals surface area (Å²) in [6.45, 7) is 0.237. The number of ether oxygens (including phenoxy) is 4. The molecule has 0 spiro atoms. The molecule has 2 aliphatic rings. The van der Waals surface area contributed by atoms with Crippen LogP contribution in [0.4, 0.5) is 13.2 Å². The molecule has 34 heavy (non-hydrogen) atoms. The highest BCUT2D eigenvalue weighted by atomic mass is 19.4. The van der Waals surface area contributed by atoms with Gasteiger partial charge in [-0.2, -0.15) is 13.2 Å². The summed E-state index contributed by atoms with van der Waals surface area (Å²) < 4.78 is 61.1. The first-order chi connectivity index (χ1) is 16.3. The van der Waals surface area contributed by atoms with Gasteiger partial charge in [0.05, 0.1) is 19.3 Å². The third kappa shape index (κ3) is 3.99. The summed E-state index contributed by atoms with van der Waals surface area (Å²) in [6.07, 6.45) is -4.24. The van der Waals surface area contributed by atoms with Gasteiger partial charge in [-0.1, -0.05) is 18.2 Å². The minimum atomic E-state index is -4.42. The Morgan fingerprint density at radius 2 is 1.65 bits per heavy atom. The Morgan fingerprint density at radius 3 is 2.32 bits per heavy atom. The molecular formula is C26H21F3O5. The van der Waals surface area contributed by atoms with Gasteiger partial charge >= 0.3 is 6.18 Å². The number of benzene rings is 3. The van der Waals surface area contributed by atoms with E-state index in [1.807, 2.05) is 12.1 Å².